The molecule has 0 aliphatic carbocycles. The number of nitrogens with one attached hydrogen (secondary N) is 1. The number of amides is 1. The second-order valence-electron chi connectivity index (χ2n) is 4.35. The first-order valence-corrected chi connectivity index (χ1v) is 6.16. The SMILES string of the molecule is COc1ccc(C(C)NC(=O)c2cc(C(=O)O)on2)cc1. The van der Waals surface area contributed by atoms with E-state index in [9.17, 15) is 9.59 Å². The fourth-order valence-electron chi connectivity index (χ4n) is 1.73. The Morgan fingerprint density at radius 1 is 1.33 bits per heavy atom. The minimum Gasteiger partial charge on any atom is -0.497 e. The van der Waals surface area contributed by atoms with Crippen LogP contribution in [0.2, 0.25) is 0 Å². The van der Waals surface area contributed by atoms with Gasteiger partial charge in [0.1, 0.15) is 5.75 Å². The predicted octanol–water partition coefficient (Wildman–Crippen LogP) is 1.87. The molecule has 0 saturated carbocycles. The van der Waals surface area contributed by atoms with Crippen molar-refractivity contribution in [2.24, 2.45) is 0 Å². The largest absolute Gasteiger partial charge is 0.497 e. The van der Waals surface area contributed by atoms with E-state index in [4.69, 9.17) is 9.84 Å². The zero-order valence-corrected chi connectivity index (χ0v) is 11.5. The molecule has 21 heavy (non-hydrogen) atoms. The molecule has 7 nitrogen and oxygen atoms in total. The van der Waals surface area contributed by atoms with E-state index in [1.807, 2.05) is 12.1 Å². The van der Waals surface area contributed by atoms with Crippen LogP contribution in [0, 0.1) is 0 Å². The van der Waals surface area contributed by atoms with E-state index >= 15 is 0 Å². The van der Waals surface area contributed by atoms with Crippen molar-refractivity contribution in [3.05, 3.63) is 47.3 Å². The lowest BCUT2D eigenvalue weighted by Crippen LogP contribution is -2.26. The number of carboxylic acids is 1. The summed E-state index contributed by atoms with van der Waals surface area (Å²) >= 11 is 0. The van der Waals surface area contributed by atoms with Crippen LogP contribution in [0.4, 0.5) is 0 Å². The summed E-state index contributed by atoms with van der Waals surface area (Å²) in [6.45, 7) is 1.80. The third kappa shape index (κ3) is 3.38. The van der Waals surface area contributed by atoms with Crippen LogP contribution in [-0.2, 0) is 0 Å². The minimum absolute atomic E-state index is 0.0761. The predicted molar refractivity (Wildman–Crippen MR) is 72.3 cm³/mol. The Hall–Kier alpha value is -2.83. The zero-order chi connectivity index (χ0) is 15.4. The number of rotatable bonds is 5. The number of methoxy groups -OCH3 is 1. The Labute approximate surface area is 120 Å². The van der Waals surface area contributed by atoms with E-state index in [1.165, 1.54) is 0 Å². The summed E-state index contributed by atoms with van der Waals surface area (Å²) in [6.07, 6.45) is 0. The van der Waals surface area contributed by atoms with Gasteiger partial charge < -0.3 is 19.7 Å². The highest BCUT2D eigenvalue weighted by Crippen LogP contribution is 2.17. The van der Waals surface area contributed by atoms with Crippen molar-refractivity contribution < 1.29 is 24.0 Å². The number of aromatic nitrogens is 1. The topological polar surface area (TPSA) is 102 Å². The molecule has 7 heteroatoms. The Kier molecular flexibility index (Phi) is 4.22. The van der Waals surface area contributed by atoms with Crippen molar-refractivity contribution in [2.45, 2.75) is 13.0 Å². The molecule has 0 radical (unpaired) electrons. The fraction of sp³-hybridized carbons (Fsp3) is 0.214. The van der Waals surface area contributed by atoms with Crippen molar-refractivity contribution in [3.63, 3.8) is 0 Å². The molecule has 1 unspecified atom stereocenters. The van der Waals surface area contributed by atoms with Gasteiger partial charge in [-0.1, -0.05) is 17.3 Å². The van der Waals surface area contributed by atoms with E-state index in [2.05, 4.69) is 15.0 Å². The van der Waals surface area contributed by atoms with Gasteiger partial charge in [-0.15, -0.1) is 0 Å². The molecule has 0 spiro atoms. The van der Waals surface area contributed by atoms with Crippen LogP contribution < -0.4 is 10.1 Å². The monoisotopic (exact) mass is 290 g/mol. The third-order valence-electron chi connectivity index (χ3n) is 2.92. The first-order valence-electron chi connectivity index (χ1n) is 6.16. The Morgan fingerprint density at radius 2 is 2.00 bits per heavy atom. The number of nitrogens with zero attached hydrogens (tertiary/aromatic N) is 1. The van der Waals surface area contributed by atoms with Crippen molar-refractivity contribution in [3.8, 4) is 5.75 Å². The van der Waals surface area contributed by atoms with E-state index in [0.29, 0.717) is 0 Å². The Morgan fingerprint density at radius 3 is 2.52 bits per heavy atom. The minimum atomic E-state index is -1.27. The normalized spacial score (nSPS) is 11.7. The van der Waals surface area contributed by atoms with Crippen LogP contribution in [0.25, 0.3) is 0 Å². The lowest BCUT2D eigenvalue weighted by Gasteiger charge is -2.13. The van der Waals surface area contributed by atoms with Gasteiger partial charge in [0, 0.05) is 6.07 Å². The van der Waals surface area contributed by atoms with Gasteiger partial charge in [-0.25, -0.2) is 4.79 Å². The molecule has 2 aromatic rings. The lowest BCUT2D eigenvalue weighted by atomic mass is 10.1. The summed E-state index contributed by atoms with van der Waals surface area (Å²) in [6, 6.07) is 8.05. The first kappa shape index (κ1) is 14.6. The molecule has 1 atom stereocenters. The number of carboxylic acid groups (broad SMARTS) is 1. The highest BCUT2D eigenvalue weighted by atomic mass is 16.5. The molecule has 1 aromatic heterocycles. The number of hydrogen-bond donors (Lipinski definition) is 2. The molecular formula is C14H14N2O5. The second kappa shape index (κ2) is 6.08. The maximum Gasteiger partial charge on any atom is 0.374 e. The highest BCUT2D eigenvalue weighted by molar-refractivity contribution is 5.95. The van der Waals surface area contributed by atoms with E-state index in [-0.39, 0.29) is 17.5 Å². The molecule has 2 N–H and O–H groups in total. The van der Waals surface area contributed by atoms with Crippen LogP contribution in [0.5, 0.6) is 5.75 Å². The number of benzene rings is 1. The van der Waals surface area contributed by atoms with Gasteiger partial charge in [-0.05, 0) is 24.6 Å². The molecule has 1 heterocycles. The van der Waals surface area contributed by atoms with E-state index in [1.54, 1.807) is 26.2 Å². The molecule has 0 fully saturated rings. The lowest BCUT2D eigenvalue weighted by molar-refractivity contribution is 0.0651. The van der Waals surface area contributed by atoms with Gasteiger partial charge in [0.05, 0.1) is 13.2 Å². The maximum absolute atomic E-state index is 11.9. The quantitative estimate of drug-likeness (QED) is 0.871. The standard InChI is InChI=1S/C14H14N2O5/c1-8(9-3-5-10(20-2)6-4-9)15-13(17)11-7-12(14(18)19)21-16-11/h3-8H,1-2H3,(H,15,17)(H,18,19). The Bertz CT molecular complexity index is 648. The smallest absolute Gasteiger partial charge is 0.374 e. The average molecular weight is 290 g/mol. The van der Waals surface area contributed by atoms with Crippen LogP contribution in [0.15, 0.2) is 34.9 Å². The summed E-state index contributed by atoms with van der Waals surface area (Å²) < 4.78 is 9.60. The van der Waals surface area contributed by atoms with Crippen molar-refractivity contribution >= 4 is 11.9 Å². The highest BCUT2D eigenvalue weighted by Gasteiger charge is 2.18. The molecule has 1 aromatic carbocycles. The zero-order valence-electron chi connectivity index (χ0n) is 11.5. The van der Waals surface area contributed by atoms with Gasteiger partial charge in [-0.2, -0.15) is 0 Å². The van der Waals surface area contributed by atoms with Crippen molar-refractivity contribution in [1.29, 1.82) is 0 Å². The fourth-order valence-corrected chi connectivity index (χ4v) is 1.73. The molecule has 0 aliphatic heterocycles. The molecule has 110 valence electrons. The van der Waals surface area contributed by atoms with E-state index in [0.717, 1.165) is 17.4 Å². The van der Waals surface area contributed by atoms with Crippen molar-refractivity contribution in [2.75, 3.05) is 7.11 Å². The number of ether oxygens (including phenoxy) is 1. The van der Waals surface area contributed by atoms with Gasteiger partial charge >= 0.3 is 5.97 Å². The molecule has 0 aliphatic rings. The number of carbonyl (C=O) groups excluding carboxylic acids is 1. The number of carbonyl (C=O) groups is 2. The molecule has 0 bridgehead atoms. The van der Waals surface area contributed by atoms with Gasteiger partial charge in [0.2, 0.25) is 5.76 Å². The molecular weight excluding hydrogens is 276 g/mol. The van der Waals surface area contributed by atoms with Gasteiger partial charge in [-0.3, -0.25) is 4.79 Å². The summed E-state index contributed by atoms with van der Waals surface area (Å²) in [5, 5.41) is 14.8. The molecule has 2 rings (SSSR count). The molecule has 0 saturated heterocycles. The van der Waals surface area contributed by atoms with Gasteiger partial charge in [0.15, 0.2) is 5.69 Å². The van der Waals surface area contributed by atoms with E-state index < -0.39 is 11.9 Å². The number of aromatic carboxylic acids is 1. The van der Waals surface area contributed by atoms with Gasteiger partial charge in [0.25, 0.3) is 5.91 Å². The van der Waals surface area contributed by atoms with Crippen LogP contribution in [0.3, 0.4) is 0 Å². The van der Waals surface area contributed by atoms with Crippen LogP contribution in [-0.4, -0.2) is 29.2 Å². The first-order chi connectivity index (χ1) is 10.0. The summed E-state index contributed by atoms with van der Waals surface area (Å²) in [7, 11) is 1.57. The Balaban J connectivity index is 2.05. The molecule has 1 amide bonds. The van der Waals surface area contributed by atoms with Crippen molar-refractivity contribution in [1.82, 2.24) is 10.5 Å². The van der Waals surface area contributed by atoms with Crippen LogP contribution in [0.1, 0.15) is 39.6 Å². The maximum atomic E-state index is 11.9. The number of hydrogen-bond acceptors (Lipinski definition) is 5. The van der Waals surface area contributed by atoms with Crippen LogP contribution >= 0.6 is 0 Å². The summed E-state index contributed by atoms with van der Waals surface area (Å²) in [4.78, 5) is 22.6. The average Bonchev–Trinajstić information content (AvgIpc) is 2.97. The third-order valence-corrected chi connectivity index (χ3v) is 2.92. The summed E-state index contributed by atoms with van der Waals surface area (Å²) in [5.74, 6) is -1.43. The second-order valence-corrected chi connectivity index (χ2v) is 4.35. The summed E-state index contributed by atoms with van der Waals surface area (Å²) in [5.41, 5.74) is 0.805.